The second-order valence-corrected chi connectivity index (χ2v) is 16.9. The normalized spacial score (nSPS) is 25.8. The van der Waals surface area contributed by atoms with Gasteiger partial charge in [-0.2, -0.15) is 4.98 Å². The van der Waals surface area contributed by atoms with Crippen LogP contribution >= 0.6 is 0 Å². The number of hydrogen-bond acceptors (Lipinski definition) is 7. The Morgan fingerprint density at radius 1 is 1.00 bits per heavy atom. The first-order valence-corrected chi connectivity index (χ1v) is 17.7. The van der Waals surface area contributed by atoms with E-state index in [4.69, 9.17) is 9.72 Å². The highest BCUT2D eigenvalue weighted by Gasteiger charge is 2.56. The zero-order chi connectivity index (χ0) is 33.2. The second-order valence-electron chi connectivity index (χ2n) is 15.3. The first kappa shape index (κ1) is 32.4. The van der Waals surface area contributed by atoms with E-state index in [1.165, 1.54) is 12.1 Å². The lowest BCUT2D eigenvalue weighted by Gasteiger charge is -2.62. The summed E-state index contributed by atoms with van der Waals surface area (Å²) < 4.78 is 36.6. The van der Waals surface area contributed by atoms with Crippen LogP contribution in [0.15, 0.2) is 47.4 Å². The molecule has 3 aromatic rings. The topological polar surface area (TPSA) is 105 Å². The van der Waals surface area contributed by atoms with Crippen molar-refractivity contribution in [2.45, 2.75) is 96.7 Å². The third kappa shape index (κ3) is 6.13. The second kappa shape index (κ2) is 11.6. The molecule has 46 heavy (non-hydrogen) atoms. The Hall–Kier alpha value is -3.50. The fraction of sp³-hybridized carbons (Fsp3) is 0.528. The lowest BCUT2D eigenvalue weighted by molar-refractivity contribution is -0.0985. The number of carbonyl (C=O) groups is 1. The van der Waals surface area contributed by atoms with Crippen LogP contribution in [0.5, 0.6) is 5.88 Å². The van der Waals surface area contributed by atoms with E-state index in [-0.39, 0.29) is 46.3 Å². The monoisotopic (exact) mass is 645 g/mol. The summed E-state index contributed by atoms with van der Waals surface area (Å²) >= 11 is 0. The van der Waals surface area contributed by atoms with E-state index in [9.17, 15) is 13.2 Å². The third-order valence-corrected chi connectivity index (χ3v) is 11.4. The quantitative estimate of drug-likeness (QED) is 0.351. The Balaban J connectivity index is 1.46. The molecular formula is C36H47N5O4S. The molecule has 0 saturated heterocycles. The van der Waals surface area contributed by atoms with Crippen molar-refractivity contribution in [2.75, 3.05) is 25.4 Å². The first-order chi connectivity index (χ1) is 21.6. The highest BCUT2D eigenvalue weighted by atomic mass is 32.2. The molecule has 2 heterocycles. The number of aromatic nitrogens is 2. The van der Waals surface area contributed by atoms with Crippen molar-refractivity contribution in [3.63, 3.8) is 0 Å². The summed E-state index contributed by atoms with van der Waals surface area (Å²) in [4.78, 5) is 28.2. The van der Waals surface area contributed by atoms with Gasteiger partial charge in [0, 0.05) is 28.8 Å². The minimum absolute atomic E-state index is 0.0110. The summed E-state index contributed by atoms with van der Waals surface area (Å²) in [6.45, 7) is 12.7. The van der Waals surface area contributed by atoms with E-state index in [0.717, 1.165) is 47.9 Å². The van der Waals surface area contributed by atoms with Gasteiger partial charge in [-0.05, 0) is 107 Å². The maximum absolute atomic E-state index is 14.5. The maximum atomic E-state index is 14.5. The molecule has 1 amide bonds. The minimum atomic E-state index is -4.12. The van der Waals surface area contributed by atoms with E-state index in [1.54, 1.807) is 12.1 Å². The van der Waals surface area contributed by atoms with Crippen LogP contribution in [0.4, 0.5) is 5.95 Å². The van der Waals surface area contributed by atoms with Crippen LogP contribution in [0.25, 0.3) is 11.3 Å². The first-order valence-electron chi connectivity index (χ1n) is 16.3. The zero-order valence-corrected chi connectivity index (χ0v) is 29.2. The van der Waals surface area contributed by atoms with Crippen LogP contribution in [0.3, 0.4) is 0 Å². The number of aryl methyl sites for hydroxylation is 2. The Bertz CT molecular complexity index is 1750. The van der Waals surface area contributed by atoms with Crippen molar-refractivity contribution in [1.29, 1.82) is 0 Å². The molecular weight excluding hydrogens is 598 g/mol. The van der Waals surface area contributed by atoms with Gasteiger partial charge in [-0.1, -0.05) is 45.0 Å². The minimum Gasteiger partial charge on any atom is -0.475 e. The van der Waals surface area contributed by atoms with Gasteiger partial charge < -0.3 is 14.5 Å². The smallest absolute Gasteiger partial charge is 0.264 e. The highest BCUT2D eigenvalue weighted by Crippen LogP contribution is 2.58. The molecule has 1 aromatic heterocycles. The number of amides is 1. The van der Waals surface area contributed by atoms with Gasteiger partial charge in [-0.15, -0.1) is 0 Å². The molecule has 2 fully saturated rings. The average Bonchev–Trinajstić information content (AvgIpc) is 2.92. The standard InChI is InChI=1S/C36H47N5O4S/c1-22-11-9-12-23(2)30(22)31-24(3)32-38-34(37-31)39-46(43,44)29-14-10-13-25(15-29)33(42)41(28(21-45-32)16-35(4,5)6)27-19-36(20-27)17-26(18-36)40(7)8/h9-15,26-28H,16-21H2,1-8H3,(H,37,38,39)/t26?,27?,28-,36?/m1/s1. The number of sulfonamides is 1. The number of benzene rings is 2. The van der Waals surface area contributed by atoms with Crippen molar-refractivity contribution in [3.05, 3.63) is 64.7 Å². The molecule has 246 valence electrons. The predicted octanol–water partition coefficient (Wildman–Crippen LogP) is 6.38. The van der Waals surface area contributed by atoms with Gasteiger partial charge in [0.05, 0.1) is 16.6 Å². The summed E-state index contributed by atoms with van der Waals surface area (Å²) in [5.74, 6) is 0.0727. The summed E-state index contributed by atoms with van der Waals surface area (Å²) in [6.07, 6.45) is 4.87. The van der Waals surface area contributed by atoms with E-state index >= 15 is 0 Å². The Morgan fingerprint density at radius 2 is 1.65 bits per heavy atom. The van der Waals surface area contributed by atoms with Crippen molar-refractivity contribution in [3.8, 4) is 17.1 Å². The zero-order valence-electron chi connectivity index (χ0n) is 28.3. The van der Waals surface area contributed by atoms with Crippen molar-refractivity contribution < 1.29 is 17.9 Å². The SMILES string of the molecule is Cc1cccc(C)c1-c1nc2nc(c1C)OC[C@@H](CC(C)(C)C)N(C1CC3(CC(N(C)C)C3)C1)C(=O)c1cccc(c1)S(=O)(=O)N2. The van der Waals surface area contributed by atoms with Gasteiger partial charge in [0.1, 0.15) is 6.61 Å². The molecule has 1 atom stereocenters. The van der Waals surface area contributed by atoms with Crippen LogP contribution in [-0.4, -0.2) is 72.9 Å². The predicted molar refractivity (Wildman–Crippen MR) is 181 cm³/mol. The third-order valence-electron chi connectivity index (χ3n) is 10.1. The Kier molecular flexibility index (Phi) is 8.20. The van der Waals surface area contributed by atoms with Gasteiger partial charge in [-0.25, -0.2) is 18.1 Å². The van der Waals surface area contributed by atoms with Crippen molar-refractivity contribution in [1.82, 2.24) is 19.8 Å². The number of carbonyl (C=O) groups excluding carboxylic acids is 1. The lowest BCUT2D eigenvalue weighted by Crippen LogP contribution is -2.63. The largest absolute Gasteiger partial charge is 0.475 e. The number of hydrogen-bond donors (Lipinski definition) is 1. The number of fused-ring (bicyclic) bond motifs is 4. The molecule has 1 N–H and O–H groups in total. The molecule has 2 saturated carbocycles. The number of nitrogens with one attached hydrogen (secondary N) is 1. The van der Waals surface area contributed by atoms with Gasteiger partial charge >= 0.3 is 0 Å². The molecule has 6 rings (SSSR count). The Labute approximate surface area is 273 Å². The number of anilines is 1. The van der Waals surface area contributed by atoms with Crippen molar-refractivity contribution in [2.24, 2.45) is 10.8 Å². The summed E-state index contributed by atoms with van der Waals surface area (Å²) in [5, 5.41) is 0. The lowest BCUT2D eigenvalue weighted by atomic mass is 9.51. The number of nitrogens with zero attached hydrogens (tertiary/aromatic N) is 4. The van der Waals surface area contributed by atoms with Crippen LogP contribution in [0, 0.1) is 31.6 Å². The van der Waals surface area contributed by atoms with Gasteiger partial charge in [0.25, 0.3) is 15.9 Å². The number of ether oxygens (including phenoxy) is 1. The molecule has 2 aliphatic carbocycles. The van der Waals surface area contributed by atoms with E-state index < -0.39 is 10.0 Å². The average molecular weight is 646 g/mol. The van der Waals surface area contributed by atoms with Gasteiger partial charge in [0.15, 0.2) is 0 Å². The van der Waals surface area contributed by atoms with E-state index in [2.05, 4.69) is 49.5 Å². The van der Waals surface area contributed by atoms with Gasteiger partial charge in [-0.3, -0.25) is 4.79 Å². The number of rotatable bonds is 4. The van der Waals surface area contributed by atoms with E-state index in [0.29, 0.717) is 29.6 Å². The molecule has 1 spiro atoms. The Morgan fingerprint density at radius 3 is 2.28 bits per heavy atom. The summed E-state index contributed by atoms with van der Waals surface area (Å²) in [5.41, 5.74) is 4.79. The van der Waals surface area contributed by atoms with Gasteiger partial charge in [0.2, 0.25) is 11.8 Å². The molecule has 0 unspecified atom stereocenters. The van der Waals surface area contributed by atoms with Crippen LogP contribution < -0.4 is 9.46 Å². The molecule has 2 aromatic carbocycles. The molecule has 9 nitrogen and oxygen atoms in total. The van der Waals surface area contributed by atoms with Crippen LogP contribution in [0.2, 0.25) is 0 Å². The summed E-state index contributed by atoms with van der Waals surface area (Å²) in [6, 6.07) is 12.7. The maximum Gasteiger partial charge on any atom is 0.264 e. The van der Waals surface area contributed by atoms with E-state index in [1.807, 2.05) is 43.9 Å². The molecule has 0 radical (unpaired) electrons. The van der Waals surface area contributed by atoms with Crippen LogP contribution in [-0.2, 0) is 10.0 Å². The van der Waals surface area contributed by atoms with Crippen molar-refractivity contribution >= 4 is 21.9 Å². The molecule has 4 bridgehead atoms. The fourth-order valence-electron chi connectivity index (χ4n) is 7.76. The molecule has 10 heteroatoms. The van der Waals surface area contributed by atoms with Crippen LogP contribution in [0.1, 0.15) is 79.9 Å². The molecule has 1 aliphatic heterocycles. The molecule has 3 aliphatic rings. The summed E-state index contributed by atoms with van der Waals surface area (Å²) in [7, 11) is 0.149. The fourth-order valence-corrected chi connectivity index (χ4v) is 8.75. The highest BCUT2D eigenvalue weighted by molar-refractivity contribution is 7.92.